The molecule has 0 fully saturated rings. The van der Waals surface area contributed by atoms with Gasteiger partial charge in [-0.05, 0) is 30.7 Å². The van der Waals surface area contributed by atoms with E-state index in [-0.39, 0.29) is 5.96 Å². The smallest absolute Gasteiger partial charge is 0.218 e. The first-order valence-electron chi connectivity index (χ1n) is 3.63. The summed E-state index contributed by atoms with van der Waals surface area (Å²) in [5, 5.41) is 8.42. The van der Waals surface area contributed by atoms with Crippen molar-refractivity contribution < 1.29 is 5.21 Å². The number of nitrogens with one attached hydrogen (secondary N) is 1. The maximum absolute atomic E-state index is 8.42. The second kappa shape index (κ2) is 4.25. The van der Waals surface area contributed by atoms with Gasteiger partial charge in [0.05, 0.1) is 5.69 Å². The van der Waals surface area contributed by atoms with E-state index in [2.05, 4.69) is 20.9 Å². The highest BCUT2D eigenvalue weighted by molar-refractivity contribution is 9.10. The first-order chi connectivity index (χ1) is 6.11. The highest BCUT2D eigenvalue weighted by Crippen LogP contribution is 2.21. The van der Waals surface area contributed by atoms with Crippen LogP contribution in [0.4, 0.5) is 5.69 Å². The number of nitrogens with zero attached hydrogens (tertiary/aromatic N) is 1. The number of aryl methyl sites for hydroxylation is 1. The monoisotopic (exact) mass is 243 g/mol. The summed E-state index contributed by atoms with van der Waals surface area (Å²) in [5.41, 5.74) is 8.80. The molecule has 70 valence electrons. The average Bonchev–Trinajstić information content (AvgIpc) is 2.02. The first kappa shape index (κ1) is 10.0. The quantitative estimate of drug-likeness (QED) is 0.400. The first-order valence-corrected chi connectivity index (χ1v) is 4.42. The Labute approximate surface area is 84.6 Å². The summed E-state index contributed by atoms with van der Waals surface area (Å²) >= 11 is 3.33. The largest absolute Gasteiger partial charge is 0.368 e. The summed E-state index contributed by atoms with van der Waals surface area (Å²) in [6.45, 7) is 1.95. The van der Waals surface area contributed by atoms with Crippen molar-refractivity contribution in [2.24, 2.45) is 10.7 Å². The molecule has 0 aliphatic carbocycles. The molecule has 13 heavy (non-hydrogen) atoms. The van der Waals surface area contributed by atoms with Crippen LogP contribution in [0.1, 0.15) is 5.56 Å². The maximum Gasteiger partial charge on any atom is 0.218 e. The lowest BCUT2D eigenvalue weighted by Gasteiger charge is -2.00. The molecule has 0 saturated carbocycles. The lowest BCUT2D eigenvalue weighted by molar-refractivity contribution is 0.233. The zero-order chi connectivity index (χ0) is 9.84. The molecule has 0 aromatic heterocycles. The average molecular weight is 244 g/mol. The maximum atomic E-state index is 8.42. The van der Waals surface area contributed by atoms with Crippen molar-refractivity contribution in [3.05, 3.63) is 28.2 Å². The van der Waals surface area contributed by atoms with Gasteiger partial charge in [-0.2, -0.15) is 0 Å². The van der Waals surface area contributed by atoms with Gasteiger partial charge in [0.25, 0.3) is 0 Å². The van der Waals surface area contributed by atoms with E-state index >= 15 is 0 Å². The van der Waals surface area contributed by atoms with E-state index in [9.17, 15) is 0 Å². The molecule has 1 aromatic rings. The molecule has 0 spiro atoms. The van der Waals surface area contributed by atoms with E-state index in [1.54, 1.807) is 11.5 Å². The second-order valence-corrected chi connectivity index (χ2v) is 3.51. The predicted molar refractivity (Wildman–Crippen MR) is 55.1 cm³/mol. The number of nitrogens with two attached hydrogens (primary N) is 1. The zero-order valence-electron chi connectivity index (χ0n) is 7.08. The van der Waals surface area contributed by atoms with Gasteiger partial charge in [-0.25, -0.2) is 10.5 Å². The fraction of sp³-hybridized carbons (Fsp3) is 0.125. The van der Waals surface area contributed by atoms with Crippen LogP contribution in [0.15, 0.2) is 27.7 Å². The number of hydrogen-bond acceptors (Lipinski definition) is 2. The number of hydroxylamine groups is 1. The minimum absolute atomic E-state index is 0.0301. The van der Waals surface area contributed by atoms with Crippen molar-refractivity contribution in [2.75, 3.05) is 0 Å². The molecule has 0 saturated heterocycles. The molecule has 0 radical (unpaired) electrons. The lowest BCUT2D eigenvalue weighted by Crippen LogP contribution is -2.27. The van der Waals surface area contributed by atoms with Crippen LogP contribution in [-0.2, 0) is 0 Å². The van der Waals surface area contributed by atoms with E-state index in [0.717, 1.165) is 10.0 Å². The molecule has 1 rings (SSSR count). The van der Waals surface area contributed by atoms with Crippen LogP contribution < -0.4 is 11.2 Å². The SMILES string of the molecule is Cc1cc(Br)cc(N=C(N)NO)c1. The third-order valence-electron chi connectivity index (χ3n) is 1.39. The summed E-state index contributed by atoms with van der Waals surface area (Å²) < 4.78 is 0.928. The van der Waals surface area contributed by atoms with E-state index in [1.807, 2.05) is 19.1 Å². The molecule has 0 atom stereocenters. The minimum Gasteiger partial charge on any atom is -0.368 e. The zero-order valence-corrected chi connectivity index (χ0v) is 8.67. The van der Waals surface area contributed by atoms with Crippen LogP contribution in [0.5, 0.6) is 0 Å². The Morgan fingerprint density at radius 1 is 1.54 bits per heavy atom. The molecule has 0 aliphatic rings. The normalized spacial score (nSPS) is 11.5. The van der Waals surface area contributed by atoms with Gasteiger partial charge in [0.2, 0.25) is 5.96 Å². The Morgan fingerprint density at radius 3 is 2.77 bits per heavy atom. The van der Waals surface area contributed by atoms with Crippen LogP contribution in [0, 0.1) is 6.92 Å². The molecule has 0 aliphatic heterocycles. The highest BCUT2D eigenvalue weighted by Gasteiger charge is 1.95. The summed E-state index contributed by atoms with van der Waals surface area (Å²) in [6.07, 6.45) is 0. The topological polar surface area (TPSA) is 70.6 Å². The van der Waals surface area contributed by atoms with Crippen LogP contribution in [0.3, 0.4) is 0 Å². The molecule has 1 aromatic carbocycles. The van der Waals surface area contributed by atoms with Gasteiger partial charge >= 0.3 is 0 Å². The Bertz CT molecular complexity index is 318. The van der Waals surface area contributed by atoms with E-state index in [4.69, 9.17) is 10.9 Å². The van der Waals surface area contributed by atoms with Gasteiger partial charge in [-0.3, -0.25) is 5.21 Å². The fourth-order valence-corrected chi connectivity index (χ4v) is 1.54. The molecule has 0 heterocycles. The molecular formula is C8H10BrN3O. The summed E-state index contributed by atoms with van der Waals surface area (Å²) in [4.78, 5) is 3.90. The second-order valence-electron chi connectivity index (χ2n) is 2.60. The van der Waals surface area contributed by atoms with E-state index in [0.29, 0.717) is 5.69 Å². The van der Waals surface area contributed by atoms with Gasteiger partial charge < -0.3 is 5.73 Å². The summed E-state index contributed by atoms with van der Waals surface area (Å²) in [6, 6.07) is 5.62. The molecule has 5 heteroatoms. The van der Waals surface area contributed by atoms with Crippen molar-refractivity contribution in [3.8, 4) is 0 Å². The van der Waals surface area contributed by atoms with Crippen molar-refractivity contribution in [1.29, 1.82) is 0 Å². The Hall–Kier alpha value is -1.07. The Kier molecular flexibility index (Phi) is 3.27. The standard InChI is InChI=1S/C8H10BrN3O/c1-5-2-6(9)4-7(3-5)11-8(10)12-13/h2-4,13H,1H3,(H3,10,11,12). The van der Waals surface area contributed by atoms with Crippen molar-refractivity contribution in [1.82, 2.24) is 5.48 Å². The van der Waals surface area contributed by atoms with Crippen molar-refractivity contribution in [2.45, 2.75) is 6.92 Å². The van der Waals surface area contributed by atoms with Crippen LogP contribution in [0.2, 0.25) is 0 Å². The molecule has 4 nitrogen and oxygen atoms in total. The Morgan fingerprint density at radius 2 is 2.23 bits per heavy atom. The fourth-order valence-electron chi connectivity index (χ4n) is 0.946. The molecule has 0 unspecified atom stereocenters. The molecule has 0 amide bonds. The number of benzene rings is 1. The number of halogens is 1. The van der Waals surface area contributed by atoms with Gasteiger partial charge in [0, 0.05) is 4.47 Å². The van der Waals surface area contributed by atoms with Gasteiger partial charge in [-0.1, -0.05) is 15.9 Å². The van der Waals surface area contributed by atoms with Gasteiger partial charge in [-0.15, -0.1) is 0 Å². The highest BCUT2D eigenvalue weighted by atomic mass is 79.9. The number of hydrogen-bond donors (Lipinski definition) is 3. The van der Waals surface area contributed by atoms with Gasteiger partial charge in [0.1, 0.15) is 0 Å². The lowest BCUT2D eigenvalue weighted by atomic mass is 10.2. The van der Waals surface area contributed by atoms with Crippen molar-refractivity contribution in [3.63, 3.8) is 0 Å². The van der Waals surface area contributed by atoms with Crippen LogP contribution in [-0.4, -0.2) is 11.2 Å². The number of aliphatic imine (C=N–C) groups is 1. The van der Waals surface area contributed by atoms with E-state index in [1.165, 1.54) is 0 Å². The molecule has 0 bridgehead atoms. The molecular weight excluding hydrogens is 234 g/mol. The van der Waals surface area contributed by atoms with Crippen molar-refractivity contribution >= 4 is 27.6 Å². The number of rotatable bonds is 1. The van der Waals surface area contributed by atoms with Crippen LogP contribution >= 0.6 is 15.9 Å². The summed E-state index contributed by atoms with van der Waals surface area (Å²) in [7, 11) is 0. The number of guanidine groups is 1. The third kappa shape index (κ3) is 3.04. The minimum atomic E-state index is -0.0301. The van der Waals surface area contributed by atoms with Crippen LogP contribution in [0.25, 0.3) is 0 Å². The van der Waals surface area contributed by atoms with E-state index < -0.39 is 0 Å². The third-order valence-corrected chi connectivity index (χ3v) is 1.85. The van der Waals surface area contributed by atoms with Gasteiger partial charge in [0.15, 0.2) is 0 Å². The Balaban J connectivity index is 3.02. The summed E-state index contributed by atoms with van der Waals surface area (Å²) in [5.74, 6) is -0.0301. The predicted octanol–water partition coefficient (Wildman–Crippen LogP) is 1.68. The molecule has 4 N–H and O–H groups in total.